The summed E-state index contributed by atoms with van der Waals surface area (Å²) >= 11 is 0. The normalized spacial score (nSPS) is 15.5. The van der Waals surface area contributed by atoms with Crippen LogP contribution in [-0.4, -0.2) is 238 Å². The summed E-state index contributed by atoms with van der Waals surface area (Å²) in [6, 6.07) is 0.971. The Morgan fingerprint density at radius 3 is 0.582 bits per heavy atom. The van der Waals surface area contributed by atoms with Crippen molar-refractivity contribution in [3.05, 3.63) is 0 Å². The van der Waals surface area contributed by atoms with Crippen LogP contribution in [0.25, 0.3) is 0 Å². The van der Waals surface area contributed by atoms with E-state index in [9.17, 15) is 0 Å². The summed E-state index contributed by atoms with van der Waals surface area (Å²) in [5.74, 6) is 0. The van der Waals surface area contributed by atoms with Crippen molar-refractivity contribution >= 4 is 0 Å². The number of aliphatic hydroxyl groups is 9. The van der Waals surface area contributed by atoms with Crippen molar-refractivity contribution in [3.8, 4) is 0 Å². The standard InChI is InChI=1S/2C6H16N2O.C6H15NO2.C4H13N3.2C4H12N2O.C4H12N2.C4H11NO2.C4H11NO/c2*1-5(7)3-8-4-6(2)9;1-5(8)3-7-4-6(2)9;1-4(6)2-7-3-5;1-4(5)2-6-3-7;1-4(7)2-6-3-5;1-4(5)3-6-2;1-4(7)2-5-3-6;1-4(6)3-5-2/h2*5-6,8-9H,3-4,7H2,1-2H3;5-9H,3-4H2,1-2H3;4,7H,2-3,5-6H2,1H3;2*4,6-7H,2-3,5H2,1H3;4,6H,3,5H2,1-2H3;4-7H,2-3H2,1H3;4-6H,3H2,1-2H3. The predicted molar refractivity (Wildman–Crippen MR) is 281 cm³/mol. The average Bonchev–Trinajstić information content (AvgIpc) is 3.18. The van der Waals surface area contributed by atoms with Gasteiger partial charge in [-0.1, -0.05) is 0 Å². The minimum Gasteiger partial charge on any atom is -0.392 e. The smallest absolute Gasteiger partial charge is 0.0932 e. The van der Waals surface area contributed by atoms with E-state index in [1.807, 2.05) is 48.7 Å². The van der Waals surface area contributed by atoms with Crippen LogP contribution in [-0.2, 0) is 0 Å². The van der Waals surface area contributed by atoms with Crippen molar-refractivity contribution in [1.82, 2.24) is 47.9 Å². The second-order valence-electron chi connectivity index (χ2n) is 16.5. The number of nitrogens with one attached hydrogen (secondary N) is 9. The molecule has 0 heterocycles. The zero-order chi connectivity index (χ0) is 54.6. The molecule has 0 rings (SSSR count). The highest BCUT2D eigenvalue weighted by Gasteiger charge is 1.98. The summed E-state index contributed by atoms with van der Waals surface area (Å²) in [5, 5.41) is 102. The number of hydrogen-bond donors (Lipinski definition) is 25. The molecule has 0 aliphatic rings. The van der Waals surface area contributed by atoms with Gasteiger partial charge >= 0.3 is 0 Å². The summed E-state index contributed by atoms with van der Waals surface area (Å²) in [5.41, 5.74) is 37.0. The maximum Gasteiger partial charge on any atom is 0.0932 e. The van der Waals surface area contributed by atoms with E-state index >= 15 is 0 Å². The molecule has 32 N–H and O–H groups in total. The minimum atomic E-state index is -0.368. The van der Waals surface area contributed by atoms with Crippen LogP contribution in [0.15, 0.2) is 0 Å². The van der Waals surface area contributed by atoms with Crippen LogP contribution in [0.2, 0.25) is 0 Å². The second-order valence-corrected chi connectivity index (χ2v) is 16.5. The Labute approximate surface area is 408 Å². The molecule has 0 aromatic heterocycles. The van der Waals surface area contributed by atoms with Gasteiger partial charge in [-0.3, -0.25) is 10.6 Å². The Hall–Kier alpha value is -1.00. The predicted octanol–water partition coefficient (Wildman–Crippen LogP) is -7.42. The molecule has 0 aromatic carbocycles. The van der Waals surface area contributed by atoms with Gasteiger partial charge in [0.25, 0.3) is 0 Å². The maximum absolute atomic E-state index is 8.76. The van der Waals surface area contributed by atoms with Crippen LogP contribution < -0.4 is 88.0 Å². The van der Waals surface area contributed by atoms with Gasteiger partial charge in [-0.15, -0.1) is 0 Å². The molecule has 67 heavy (non-hydrogen) atoms. The topological polar surface area (TPSA) is 472 Å². The highest BCUT2D eigenvalue weighted by atomic mass is 16.3. The molecular formula is C42H118N16O9. The fraction of sp³-hybridized carbons (Fsp3) is 1.00. The van der Waals surface area contributed by atoms with Crippen molar-refractivity contribution < 1.29 is 46.0 Å². The van der Waals surface area contributed by atoms with Crippen molar-refractivity contribution in [2.75, 3.05) is 119 Å². The summed E-state index contributed by atoms with van der Waals surface area (Å²) in [6.45, 7) is 30.5. The fourth-order valence-corrected chi connectivity index (χ4v) is 3.33. The highest BCUT2D eigenvalue weighted by Crippen LogP contribution is 1.78. The lowest BCUT2D eigenvalue weighted by molar-refractivity contribution is 0.164. The van der Waals surface area contributed by atoms with Crippen LogP contribution in [0.3, 0.4) is 0 Å². The molecule has 0 fully saturated rings. The SMILES string of the molecule is CC(N)CNCC(C)O.CC(N)CNCC(C)O.CC(N)CNCN.CC(N)CNCO.CC(O)CNCC(C)O.CC(O)CNCN.CC(O)CNCO.CNCC(C)N.CNCC(C)O. The Morgan fingerprint density at radius 1 is 0.284 bits per heavy atom. The van der Waals surface area contributed by atoms with E-state index in [0.717, 1.165) is 26.2 Å². The number of likely N-dealkylation sites (N-methyl/N-ethyl adjacent to an activating group) is 2. The molecule has 12 atom stereocenters. The largest absolute Gasteiger partial charge is 0.392 e. The van der Waals surface area contributed by atoms with Crippen LogP contribution in [0, 0.1) is 0 Å². The first-order valence-corrected chi connectivity index (χ1v) is 23.4. The van der Waals surface area contributed by atoms with E-state index in [4.69, 9.17) is 86.1 Å². The van der Waals surface area contributed by atoms with E-state index in [-0.39, 0.29) is 86.4 Å². The third-order valence-electron chi connectivity index (χ3n) is 6.04. The molecule has 0 bridgehead atoms. The zero-order valence-corrected chi connectivity index (χ0v) is 44.8. The molecule has 420 valence electrons. The fourth-order valence-electron chi connectivity index (χ4n) is 3.33. The Morgan fingerprint density at radius 2 is 0.463 bits per heavy atom. The molecular weight excluding hydrogens is 873 g/mol. The van der Waals surface area contributed by atoms with E-state index in [1.54, 1.807) is 48.5 Å². The van der Waals surface area contributed by atoms with E-state index in [2.05, 4.69) is 47.9 Å². The minimum absolute atomic E-state index is 0.0154. The van der Waals surface area contributed by atoms with Gasteiger partial charge in [0.2, 0.25) is 0 Å². The van der Waals surface area contributed by atoms with E-state index in [0.29, 0.717) is 65.7 Å². The Kier molecular flexibility index (Phi) is 94.7. The summed E-state index contributed by atoms with van der Waals surface area (Å²) in [7, 11) is 3.70. The van der Waals surface area contributed by atoms with E-state index in [1.165, 1.54) is 0 Å². The monoisotopic (exact) mass is 991 g/mol. The van der Waals surface area contributed by atoms with Crippen LogP contribution in [0.4, 0.5) is 0 Å². The Balaban J connectivity index is -0.0000000810. The molecule has 0 aromatic rings. The highest BCUT2D eigenvalue weighted by molar-refractivity contribution is 4.60. The van der Waals surface area contributed by atoms with E-state index < -0.39 is 0 Å². The first-order chi connectivity index (χ1) is 31.0. The van der Waals surface area contributed by atoms with Gasteiger partial charge in [0.05, 0.1) is 56.2 Å². The average molecular weight is 992 g/mol. The third kappa shape index (κ3) is 170. The molecule has 25 heteroatoms. The van der Waals surface area contributed by atoms with Crippen molar-refractivity contribution in [2.24, 2.45) is 40.1 Å². The Bertz CT molecular complexity index is 662. The summed E-state index contributed by atoms with van der Waals surface area (Å²) in [6.07, 6.45) is -2.08. The zero-order valence-electron chi connectivity index (χ0n) is 44.8. The summed E-state index contributed by atoms with van der Waals surface area (Å²) in [4.78, 5) is 0. The lowest BCUT2D eigenvalue weighted by Crippen LogP contribution is -2.34. The van der Waals surface area contributed by atoms with Crippen molar-refractivity contribution in [1.29, 1.82) is 0 Å². The first kappa shape index (κ1) is 85.8. The lowest BCUT2D eigenvalue weighted by atomic mass is 10.3. The molecule has 0 amide bonds. The van der Waals surface area contributed by atoms with Gasteiger partial charge in [-0.25, -0.2) is 0 Å². The van der Waals surface area contributed by atoms with Gasteiger partial charge in [-0.2, -0.15) is 0 Å². The molecule has 25 nitrogen and oxygen atoms in total. The van der Waals surface area contributed by atoms with Crippen LogP contribution in [0.5, 0.6) is 0 Å². The summed E-state index contributed by atoms with van der Waals surface area (Å²) < 4.78 is 0. The van der Waals surface area contributed by atoms with Gasteiger partial charge in [0.15, 0.2) is 0 Å². The number of aliphatic hydroxyl groups excluding tert-OH is 9. The second kappa shape index (κ2) is 74.0. The van der Waals surface area contributed by atoms with Gasteiger partial charge < -0.3 is 123 Å². The molecule has 12 unspecified atom stereocenters. The third-order valence-corrected chi connectivity index (χ3v) is 6.04. The van der Waals surface area contributed by atoms with Gasteiger partial charge in [-0.05, 0) is 97.2 Å². The molecule has 0 aliphatic heterocycles. The van der Waals surface area contributed by atoms with Gasteiger partial charge in [0, 0.05) is 122 Å². The van der Waals surface area contributed by atoms with Crippen LogP contribution in [0.1, 0.15) is 83.1 Å². The van der Waals surface area contributed by atoms with Crippen molar-refractivity contribution in [3.63, 3.8) is 0 Å². The molecule has 0 saturated carbocycles. The quantitative estimate of drug-likeness (QED) is 0.0324. The lowest BCUT2D eigenvalue weighted by Gasteiger charge is -2.08. The van der Waals surface area contributed by atoms with Crippen molar-refractivity contribution in [2.45, 2.75) is 156 Å². The maximum atomic E-state index is 8.76. The number of rotatable bonds is 28. The number of nitrogens with two attached hydrogens (primary N) is 7. The molecule has 0 spiro atoms. The molecule has 0 saturated heterocycles. The van der Waals surface area contributed by atoms with Crippen LogP contribution >= 0.6 is 0 Å². The molecule has 0 radical (unpaired) electrons. The van der Waals surface area contributed by atoms with Gasteiger partial charge in [0.1, 0.15) is 0 Å². The number of hydrogen-bond acceptors (Lipinski definition) is 25. The molecule has 0 aliphatic carbocycles. The first-order valence-electron chi connectivity index (χ1n) is 23.4.